The number of halogens is 2. The zero-order valence-electron chi connectivity index (χ0n) is 15.6. The second kappa shape index (κ2) is 8.29. The molecule has 0 fully saturated rings. The van der Waals surface area contributed by atoms with Gasteiger partial charge in [-0.2, -0.15) is 0 Å². The number of nitrogens with zero attached hydrogens (tertiary/aromatic N) is 3. The lowest BCUT2D eigenvalue weighted by atomic mass is 10.1. The Morgan fingerprint density at radius 3 is 2.48 bits per heavy atom. The van der Waals surface area contributed by atoms with Crippen molar-refractivity contribution >= 4 is 18.1 Å². The summed E-state index contributed by atoms with van der Waals surface area (Å²) in [6, 6.07) is 9.40. The molecule has 4 nitrogen and oxygen atoms in total. The molecular weight excluding hydrogens is 366 g/mol. The van der Waals surface area contributed by atoms with E-state index < -0.39 is 11.6 Å². The van der Waals surface area contributed by atoms with Crippen molar-refractivity contribution in [2.45, 2.75) is 25.3 Å². The highest BCUT2D eigenvalue weighted by Gasteiger charge is 2.40. The van der Waals surface area contributed by atoms with Crippen molar-refractivity contribution in [2.75, 3.05) is 13.7 Å². The lowest BCUT2D eigenvalue weighted by Crippen LogP contribution is -2.48. The molecule has 0 radical (unpaired) electrons. The Morgan fingerprint density at radius 2 is 1.89 bits per heavy atom. The summed E-state index contributed by atoms with van der Waals surface area (Å²) in [5.74, 6) is -0.984. The minimum atomic E-state index is -0.584. The van der Waals surface area contributed by atoms with Gasteiger partial charge in [0.15, 0.2) is 6.34 Å². The summed E-state index contributed by atoms with van der Waals surface area (Å²) in [5.41, 5.74) is 1.85. The van der Waals surface area contributed by atoms with E-state index in [0.29, 0.717) is 22.6 Å². The van der Waals surface area contributed by atoms with Crippen molar-refractivity contribution in [3.63, 3.8) is 0 Å². The summed E-state index contributed by atoms with van der Waals surface area (Å²) in [4.78, 5) is 9.65. The van der Waals surface area contributed by atoms with Gasteiger partial charge in [0.2, 0.25) is 5.03 Å². The zero-order valence-corrected chi connectivity index (χ0v) is 16.4. The lowest BCUT2D eigenvalue weighted by Gasteiger charge is -2.32. The van der Waals surface area contributed by atoms with Crippen LogP contribution in [0.5, 0.6) is 0 Å². The molecule has 0 spiro atoms. The molecule has 1 aliphatic rings. The van der Waals surface area contributed by atoms with Gasteiger partial charge in [-0.05, 0) is 43.1 Å². The molecular formula is C20H23F2N4S+. The molecule has 1 unspecified atom stereocenters. The fourth-order valence-electron chi connectivity index (χ4n) is 3.09. The minimum Gasteiger partial charge on any atom is -0.273 e. The molecule has 27 heavy (non-hydrogen) atoms. The van der Waals surface area contributed by atoms with Gasteiger partial charge in [0.25, 0.3) is 0 Å². The molecule has 1 atom stereocenters. The number of aromatic nitrogens is 1. The van der Waals surface area contributed by atoms with Gasteiger partial charge in [0.05, 0.1) is 5.69 Å². The Hall–Kier alpha value is -2.09. The van der Waals surface area contributed by atoms with Crippen molar-refractivity contribution in [2.24, 2.45) is 10.9 Å². The van der Waals surface area contributed by atoms with Gasteiger partial charge < -0.3 is 0 Å². The molecule has 1 aliphatic heterocycles. The van der Waals surface area contributed by atoms with E-state index in [9.17, 15) is 8.78 Å². The van der Waals surface area contributed by atoms with Crippen molar-refractivity contribution in [1.82, 2.24) is 10.3 Å². The minimum absolute atomic E-state index is 0.183. The molecule has 0 aliphatic carbocycles. The maximum absolute atomic E-state index is 13.7. The highest BCUT2D eigenvalue weighted by atomic mass is 32.2. The molecule has 142 valence electrons. The molecule has 2 heterocycles. The number of rotatable bonds is 7. The van der Waals surface area contributed by atoms with Crippen LogP contribution in [-0.4, -0.2) is 29.5 Å². The van der Waals surface area contributed by atoms with Crippen LogP contribution in [-0.2, 0) is 6.54 Å². The van der Waals surface area contributed by atoms with E-state index >= 15 is 0 Å². The number of pyridine rings is 1. The van der Waals surface area contributed by atoms with Crippen LogP contribution in [0.15, 0.2) is 63.2 Å². The molecule has 0 saturated heterocycles. The average Bonchev–Trinajstić information content (AvgIpc) is 2.93. The Balaban J connectivity index is 2.04. The van der Waals surface area contributed by atoms with Gasteiger partial charge in [-0.15, -0.1) is 0 Å². The number of quaternary nitrogens is 1. The van der Waals surface area contributed by atoms with Crippen LogP contribution in [0.3, 0.4) is 0 Å². The Bertz CT molecular complexity index is 847. The second-order valence-electron chi connectivity index (χ2n) is 6.82. The van der Waals surface area contributed by atoms with E-state index in [-0.39, 0.29) is 5.92 Å². The molecule has 2 aromatic rings. The zero-order chi connectivity index (χ0) is 19.4. The van der Waals surface area contributed by atoms with Gasteiger partial charge in [-0.25, -0.2) is 18.3 Å². The second-order valence-corrected chi connectivity index (χ2v) is 7.88. The summed E-state index contributed by atoms with van der Waals surface area (Å²) in [7, 11) is 1.88. The number of benzene rings is 1. The fourth-order valence-corrected chi connectivity index (χ4v) is 4.41. The van der Waals surface area contributed by atoms with Gasteiger partial charge in [-0.1, -0.05) is 19.9 Å². The first-order chi connectivity index (χ1) is 12.9. The van der Waals surface area contributed by atoms with Gasteiger partial charge >= 0.3 is 0 Å². The van der Waals surface area contributed by atoms with Gasteiger partial charge in [0, 0.05) is 23.1 Å². The first kappa shape index (κ1) is 19.7. The van der Waals surface area contributed by atoms with Crippen molar-refractivity contribution in [3.8, 4) is 0 Å². The fraction of sp³-hybridized carbons (Fsp3) is 0.300. The molecule has 0 bridgehead atoms. The summed E-state index contributed by atoms with van der Waals surface area (Å²) in [6.07, 6.45) is 3.67. The number of aliphatic imine (C=N–C) groups is 1. The Labute approximate surface area is 162 Å². The van der Waals surface area contributed by atoms with Crippen LogP contribution in [0.4, 0.5) is 8.78 Å². The molecule has 0 saturated carbocycles. The molecule has 0 amide bonds. The maximum atomic E-state index is 13.7. The molecule has 1 aromatic carbocycles. The third-order valence-corrected chi connectivity index (χ3v) is 5.49. The van der Waals surface area contributed by atoms with E-state index in [1.165, 1.54) is 23.9 Å². The summed E-state index contributed by atoms with van der Waals surface area (Å²) in [6.45, 7) is 5.33. The average molecular weight is 389 g/mol. The predicted molar refractivity (Wildman–Crippen MR) is 105 cm³/mol. The normalized spacial score (nSPS) is 19.3. The standard InChI is InChI=1S/C20H23F2N4S/c1-14(2)19-20(27-18-9-15(21)8-16(22)10-18)26(12-23-3,13-25-19)11-17-6-4-5-7-24-17/h4-10,13-14,23H,11-12H2,1-3H3/q+1. The highest BCUT2D eigenvalue weighted by molar-refractivity contribution is 8.02. The van der Waals surface area contributed by atoms with Gasteiger partial charge in [-0.3, -0.25) is 10.3 Å². The number of hydrogen-bond acceptors (Lipinski definition) is 4. The van der Waals surface area contributed by atoms with E-state index in [2.05, 4.69) is 29.1 Å². The van der Waals surface area contributed by atoms with Crippen LogP contribution in [0, 0.1) is 17.6 Å². The third kappa shape index (κ3) is 4.43. The Kier molecular flexibility index (Phi) is 6.04. The van der Waals surface area contributed by atoms with E-state index in [0.717, 1.165) is 22.5 Å². The Morgan fingerprint density at radius 1 is 1.15 bits per heavy atom. The van der Waals surface area contributed by atoms with Gasteiger partial charge in [0.1, 0.15) is 30.5 Å². The smallest absolute Gasteiger partial charge is 0.201 e. The molecule has 1 aromatic heterocycles. The molecule has 3 rings (SSSR count). The number of allylic oxidation sites excluding steroid dienone is 1. The molecule has 7 heteroatoms. The van der Waals surface area contributed by atoms with Crippen LogP contribution in [0.2, 0.25) is 0 Å². The monoisotopic (exact) mass is 389 g/mol. The quantitative estimate of drug-likeness (QED) is 0.708. The lowest BCUT2D eigenvalue weighted by molar-refractivity contribution is -0.802. The number of nitrogens with one attached hydrogen (secondary N) is 1. The van der Waals surface area contributed by atoms with Crippen LogP contribution in [0.25, 0.3) is 0 Å². The van der Waals surface area contributed by atoms with E-state index in [1.54, 1.807) is 6.20 Å². The van der Waals surface area contributed by atoms with Crippen LogP contribution in [0.1, 0.15) is 19.5 Å². The van der Waals surface area contributed by atoms with Crippen molar-refractivity contribution in [3.05, 3.63) is 70.6 Å². The summed E-state index contributed by atoms with van der Waals surface area (Å²) >= 11 is 1.36. The first-order valence-electron chi connectivity index (χ1n) is 8.79. The predicted octanol–water partition coefficient (Wildman–Crippen LogP) is 4.51. The van der Waals surface area contributed by atoms with Crippen LogP contribution < -0.4 is 5.32 Å². The van der Waals surface area contributed by atoms with Crippen molar-refractivity contribution < 1.29 is 13.3 Å². The largest absolute Gasteiger partial charge is 0.273 e. The topological polar surface area (TPSA) is 37.3 Å². The summed E-state index contributed by atoms with van der Waals surface area (Å²) in [5, 5.41) is 4.18. The number of hydrogen-bond donors (Lipinski definition) is 1. The van der Waals surface area contributed by atoms with Crippen LogP contribution >= 0.6 is 11.8 Å². The number of thioether (sulfide) groups is 1. The van der Waals surface area contributed by atoms with Crippen molar-refractivity contribution in [1.29, 1.82) is 0 Å². The van der Waals surface area contributed by atoms with E-state index in [4.69, 9.17) is 0 Å². The maximum Gasteiger partial charge on any atom is 0.201 e. The SMILES string of the molecule is CNC[N+]1(Cc2ccccn2)C=NC(C(C)C)=C1Sc1cc(F)cc(F)c1. The van der Waals surface area contributed by atoms with E-state index in [1.807, 2.05) is 31.6 Å². The summed E-state index contributed by atoms with van der Waals surface area (Å²) < 4.78 is 27.8. The highest BCUT2D eigenvalue weighted by Crippen LogP contribution is 2.42. The molecule has 1 N–H and O–H groups in total. The first-order valence-corrected chi connectivity index (χ1v) is 9.60. The third-order valence-electron chi connectivity index (χ3n) is 4.25.